The number of hydrogen-bond acceptors (Lipinski definition) is 4. The van der Waals surface area contributed by atoms with E-state index in [2.05, 4.69) is 6.07 Å². The van der Waals surface area contributed by atoms with Crippen molar-refractivity contribution in [2.24, 2.45) is 5.73 Å². The van der Waals surface area contributed by atoms with Gasteiger partial charge in [-0.2, -0.15) is 0 Å². The lowest BCUT2D eigenvalue weighted by Gasteiger charge is -2.26. The Morgan fingerprint density at radius 2 is 2.06 bits per heavy atom. The van der Waals surface area contributed by atoms with Crippen molar-refractivity contribution in [2.45, 2.75) is 25.2 Å². The van der Waals surface area contributed by atoms with Crippen molar-refractivity contribution in [1.82, 2.24) is 0 Å². The van der Waals surface area contributed by atoms with Gasteiger partial charge in [-0.15, -0.1) is 0 Å². The van der Waals surface area contributed by atoms with Crippen LogP contribution in [0.2, 0.25) is 0 Å². The molecule has 0 saturated carbocycles. The minimum Gasteiger partial charge on any atom is -0.493 e. The molecule has 0 bridgehead atoms. The summed E-state index contributed by atoms with van der Waals surface area (Å²) in [6, 6.07) is 5.72. The van der Waals surface area contributed by atoms with Crippen molar-refractivity contribution in [3.05, 3.63) is 29.3 Å². The molecule has 1 aromatic carbocycles. The molecule has 1 aliphatic rings. The number of hydrogen-bond donors (Lipinski definition) is 1. The highest BCUT2D eigenvalue weighted by Gasteiger charge is 2.24. The van der Waals surface area contributed by atoms with Crippen LogP contribution in [0.15, 0.2) is 18.2 Å². The van der Waals surface area contributed by atoms with E-state index in [9.17, 15) is 0 Å². The second-order valence-electron chi connectivity index (χ2n) is 4.15. The maximum Gasteiger partial charge on any atom is 0.176 e. The molecule has 0 saturated heterocycles. The Morgan fingerprint density at radius 3 is 2.76 bits per heavy atom. The van der Waals surface area contributed by atoms with Crippen LogP contribution in [0.5, 0.6) is 5.75 Å². The van der Waals surface area contributed by atoms with Crippen molar-refractivity contribution < 1.29 is 14.2 Å². The molecule has 17 heavy (non-hydrogen) atoms. The summed E-state index contributed by atoms with van der Waals surface area (Å²) in [5.41, 5.74) is 8.33. The van der Waals surface area contributed by atoms with Gasteiger partial charge in [0.1, 0.15) is 5.75 Å². The van der Waals surface area contributed by atoms with Crippen LogP contribution < -0.4 is 10.5 Å². The largest absolute Gasteiger partial charge is 0.493 e. The Bertz CT molecular complexity index is 377. The Labute approximate surface area is 102 Å². The molecule has 4 heteroatoms. The second-order valence-corrected chi connectivity index (χ2v) is 4.15. The van der Waals surface area contributed by atoms with Gasteiger partial charge in [-0.3, -0.25) is 0 Å². The average molecular weight is 237 g/mol. The molecule has 94 valence electrons. The van der Waals surface area contributed by atoms with Crippen molar-refractivity contribution >= 4 is 0 Å². The fraction of sp³-hybridized carbons (Fsp3) is 0.538. The molecule has 0 fully saturated rings. The van der Waals surface area contributed by atoms with Crippen LogP contribution in [-0.4, -0.2) is 27.1 Å². The third kappa shape index (κ3) is 2.44. The molecule has 1 heterocycles. The second kappa shape index (κ2) is 5.49. The summed E-state index contributed by atoms with van der Waals surface area (Å²) in [4.78, 5) is 0. The average Bonchev–Trinajstić information content (AvgIpc) is 2.39. The van der Waals surface area contributed by atoms with E-state index in [0.717, 1.165) is 30.8 Å². The summed E-state index contributed by atoms with van der Waals surface area (Å²) in [6.45, 7) is 0.751. The highest BCUT2D eigenvalue weighted by molar-refractivity contribution is 5.44. The number of nitrogens with two attached hydrogens (primary N) is 1. The molecule has 0 aromatic heterocycles. The zero-order valence-corrected chi connectivity index (χ0v) is 10.3. The summed E-state index contributed by atoms with van der Waals surface area (Å²) in [5, 5.41) is 0. The highest BCUT2D eigenvalue weighted by Crippen LogP contribution is 2.33. The molecule has 1 unspecified atom stereocenters. The quantitative estimate of drug-likeness (QED) is 0.809. The molecule has 1 aliphatic heterocycles. The van der Waals surface area contributed by atoms with Crippen LogP contribution in [0.3, 0.4) is 0 Å². The zero-order chi connectivity index (χ0) is 12.3. The maximum atomic E-state index is 6.15. The zero-order valence-electron chi connectivity index (χ0n) is 10.3. The molecule has 0 radical (unpaired) electrons. The first-order valence-electron chi connectivity index (χ1n) is 5.83. The summed E-state index contributed by atoms with van der Waals surface area (Å²) < 4.78 is 16.1. The molecule has 2 N–H and O–H groups in total. The van der Waals surface area contributed by atoms with Gasteiger partial charge in [0.25, 0.3) is 0 Å². The topological polar surface area (TPSA) is 53.7 Å². The lowest BCUT2D eigenvalue weighted by atomic mass is 9.98. The van der Waals surface area contributed by atoms with Crippen molar-refractivity contribution in [3.8, 4) is 5.75 Å². The smallest absolute Gasteiger partial charge is 0.176 e. The summed E-state index contributed by atoms with van der Waals surface area (Å²) >= 11 is 0. The first kappa shape index (κ1) is 12.4. The molecular weight excluding hydrogens is 218 g/mol. The monoisotopic (exact) mass is 237 g/mol. The number of rotatable bonds is 4. The van der Waals surface area contributed by atoms with Crippen molar-refractivity contribution in [2.75, 3.05) is 20.8 Å². The van der Waals surface area contributed by atoms with E-state index in [1.165, 1.54) is 5.56 Å². The van der Waals surface area contributed by atoms with Crippen LogP contribution in [0.25, 0.3) is 0 Å². The van der Waals surface area contributed by atoms with Gasteiger partial charge in [-0.1, -0.05) is 18.2 Å². The summed E-state index contributed by atoms with van der Waals surface area (Å²) in [7, 11) is 3.18. The standard InChI is InChI=1S/C13H19NO3/c1-15-13(16-2)11(14)10-7-3-5-9-6-4-8-17-12(9)10/h3,5,7,11,13H,4,6,8,14H2,1-2H3. The fourth-order valence-electron chi connectivity index (χ4n) is 2.21. The normalized spacial score (nSPS) is 16.5. The van der Waals surface area contributed by atoms with E-state index < -0.39 is 6.29 Å². The minimum atomic E-state index is -0.452. The Hall–Kier alpha value is -1.10. The molecule has 1 aromatic rings. The van der Waals surface area contributed by atoms with Gasteiger partial charge in [0.2, 0.25) is 0 Å². The SMILES string of the molecule is COC(OC)C(N)c1cccc2c1OCCC2. The van der Waals surface area contributed by atoms with Gasteiger partial charge in [0.05, 0.1) is 12.6 Å². The van der Waals surface area contributed by atoms with Gasteiger partial charge in [-0.25, -0.2) is 0 Å². The van der Waals surface area contributed by atoms with Gasteiger partial charge in [0.15, 0.2) is 6.29 Å². The van der Waals surface area contributed by atoms with Gasteiger partial charge in [0, 0.05) is 19.8 Å². The predicted octanol–water partition coefficient (Wildman–Crippen LogP) is 1.63. The maximum absolute atomic E-state index is 6.15. The van der Waals surface area contributed by atoms with E-state index in [0.29, 0.717) is 0 Å². The van der Waals surface area contributed by atoms with Gasteiger partial charge < -0.3 is 19.9 Å². The van der Waals surface area contributed by atoms with Crippen LogP contribution in [0, 0.1) is 0 Å². The first-order valence-corrected chi connectivity index (χ1v) is 5.83. The molecule has 2 rings (SSSR count). The van der Waals surface area contributed by atoms with Crippen LogP contribution >= 0.6 is 0 Å². The number of benzene rings is 1. The molecular formula is C13H19NO3. The van der Waals surface area contributed by atoms with Crippen LogP contribution in [0.1, 0.15) is 23.6 Å². The lowest BCUT2D eigenvalue weighted by molar-refractivity contribution is -0.117. The van der Waals surface area contributed by atoms with Crippen molar-refractivity contribution in [3.63, 3.8) is 0 Å². The Kier molecular flexibility index (Phi) is 3.99. The third-order valence-corrected chi connectivity index (χ3v) is 3.08. The summed E-state index contributed by atoms with van der Waals surface area (Å²) in [5.74, 6) is 0.908. The van der Waals surface area contributed by atoms with E-state index in [-0.39, 0.29) is 6.04 Å². The molecule has 0 amide bonds. The molecule has 0 aliphatic carbocycles. The molecule has 0 spiro atoms. The Morgan fingerprint density at radius 1 is 1.29 bits per heavy atom. The van der Waals surface area contributed by atoms with Crippen molar-refractivity contribution in [1.29, 1.82) is 0 Å². The van der Waals surface area contributed by atoms with E-state index in [1.807, 2.05) is 12.1 Å². The number of aryl methyl sites for hydroxylation is 1. The molecule has 1 atom stereocenters. The highest BCUT2D eigenvalue weighted by atomic mass is 16.7. The van der Waals surface area contributed by atoms with Crippen LogP contribution in [0.4, 0.5) is 0 Å². The summed E-state index contributed by atoms with van der Waals surface area (Å²) in [6.07, 6.45) is 1.65. The lowest BCUT2D eigenvalue weighted by Crippen LogP contribution is -2.30. The third-order valence-electron chi connectivity index (χ3n) is 3.08. The number of fused-ring (bicyclic) bond motifs is 1. The van der Waals surface area contributed by atoms with E-state index in [4.69, 9.17) is 19.9 Å². The first-order chi connectivity index (χ1) is 8.27. The molecule has 4 nitrogen and oxygen atoms in total. The van der Waals surface area contributed by atoms with Gasteiger partial charge in [-0.05, 0) is 18.4 Å². The fourth-order valence-corrected chi connectivity index (χ4v) is 2.21. The van der Waals surface area contributed by atoms with E-state index in [1.54, 1.807) is 14.2 Å². The Balaban J connectivity index is 2.31. The van der Waals surface area contributed by atoms with E-state index >= 15 is 0 Å². The van der Waals surface area contributed by atoms with Crippen LogP contribution in [-0.2, 0) is 15.9 Å². The predicted molar refractivity (Wildman–Crippen MR) is 65.0 cm³/mol. The number of ether oxygens (including phenoxy) is 3. The van der Waals surface area contributed by atoms with Gasteiger partial charge >= 0.3 is 0 Å². The number of para-hydroxylation sites is 1. The number of methoxy groups -OCH3 is 2. The minimum absolute atomic E-state index is 0.335.